The number of amides is 2. The molecule has 122 valence electrons. The van der Waals surface area contributed by atoms with Crippen LogP contribution in [0.2, 0.25) is 0 Å². The second-order valence-electron chi connectivity index (χ2n) is 5.08. The van der Waals surface area contributed by atoms with Crippen molar-refractivity contribution in [3.05, 3.63) is 48.0 Å². The number of carbonyl (C=O) groups excluding carboxylic acids is 2. The molecule has 0 saturated carbocycles. The SMILES string of the molecule is CN(C)C(CNC(=O)C(=O)Nc1ccon1)c1ccc(F)cc1. The monoisotopic (exact) mass is 320 g/mol. The number of nitrogens with one attached hydrogen (secondary N) is 2. The Balaban J connectivity index is 1.94. The van der Waals surface area contributed by atoms with Gasteiger partial charge >= 0.3 is 11.8 Å². The van der Waals surface area contributed by atoms with Gasteiger partial charge in [0.1, 0.15) is 12.1 Å². The van der Waals surface area contributed by atoms with Crippen molar-refractivity contribution in [2.75, 3.05) is 26.0 Å². The number of rotatable bonds is 5. The maximum atomic E-state index is 13.0. The smallest absolute Gasteiger partial charge is 0.314 e. The molecule has 0 aliphatic carbocycles. The number of nitrogens with zero attached hydrogens (tertiary/aromatic N) is 2. The van der Waals surface area contributed by atoms with Crippen molar-refractivity contribution in [3.8, 4) is 0 Å². The number of hydrogen-bond donors (Lipinski definition) is 2. The standard InChI is InChI=1S/C15H17FN4O3/c1-20(2)12(10-3-5-11(16)6-4-10)9-17-14(21)15(22)18-13-7-8-23-19-13/h3-8,12H,9H2,1-2H3,(H,17,21)(H,18,19,22). The summed E-state index contributed by atoms with van der Waals surface area (Å²) in [4.78, 5) is 25.4. The van der Waals surface area contributed by atoms with E-state index in [1.54, 1.807) is 12.1 Å². The number of halogens is 1. The summed E-state index contributed by atoms with van der Waals surface area (Å²) in [5.74, 6) is -1.80. The summed E-state index contributed by atoms with van der Waals surface area (Å²) in [6, 6.07) is 7.21. The molecule has 7 nitrogen and oxygen atoms in total. The Morgan fingerprint density at radius 3 is 2.48 bits per heavy atom. The zero-order chi connectivity index (χ0) is 16.8. The lowest BCUT2D eigenvalue weighted by Crippen LogP contribution is -2.40. The number of carbonyl (C=O) groups is 2. The summed E-state index contributed by atoms with van der Waals surface area (Å²) in [5, 5.41) is 8.33. The Bertz CT molecular complexity index is 656. The highest BCUT2D eigenvalue weighted by molar-refractivity contribution is 6.39. The Hall–Kier alpha value is -2.74. The van der Waals surface area contributed by atoms with E-state index >= 15 is 0 Å². The van der Waals surface area contributed by atoms with Crippen molar-refractivity contribution in [1.29, 1.82) is 0 Å². The first-order chi connectivity index (χ1) is 11.0. The maximum Gasteiger partial charge on any atom is 0.314 e. The Morgan fingerprint density at radius 1 is 1.22 bits per heavy atom. The lowest BCUT2D eigenvalue weighted by atomic mass is 10.1. The molecule has 2 rings (SSSR count). The molecule has 0 aliphatic heterocycles. The molecule has 1 atom stereocenters. The molecule has 1 aromatic heterocycles. The van der Waals surface area contributed by atoms with Crippen LogP contribution >= 0.6 is 0 Å². The number of benzene rings is 1. The molecule has 8 heteroatoms. The van der Waals surface area contributed by atoms with Crippen molar-refractivity contribution in [2.45, 2.75) is 6.04 Å². The molecular formula is C15H17FN4O3. The van der Waals surface area contributed by atoms with Crippen LogP contribution in [0.5, 0.6) is 0 Å². The summed E-state index contributed by atoms with van der Waals surface area (Å²) < 4.78 is 17.6. The van der Waals surface area contributed by atoms with Gasteiger partial charge in [-0.05, 0) is 31.8 Å². The zero-order valence-electron chi connectivity index (χ0n) is 12.7. The van der Waals surface area contributed by atoms with Crippen LogP contribution in [-0.4, -0.2) is 42.5 Å². The second kappa shape index (κ2) is 7.50. The number of hydrogen-bond acceptors (Lipinski definition) is 5. The minimum atomic E-state index is -0.837. The molecule has 1 aromatic carbocycles. The maximum absolute atomic E-state index is 13.0. The van der Waals surface area contributed by atoms with Gasteiger partial charge in [0.15, 0.2) is 5.82 Å². The first kappa shape index (κ1) is 16.6. The predicted octanol–water partition coefficient (Wildman–Crippen LogP) is 1.17. The van der Waals surface area contributed by atoms with Gasteiger partial charge in [0, 0.05) is 12.6 Å². The molecule has 0 fully saturated rings. The summed E-state index contributed by atoms with van der Waals surface area (Å²) in [6.07, 6.45) is 1.28. The van der Waals surface area contributed by atoms with Gasteiger partial charge in [0.25, 0.3) is 0 Å². The van der Waals surface area contributed by atoms with Crippen molar-refractivity contribution in [3.63, 3.8) is 0 Å². The van der Waals surface area contributed by atoms with Gasteiger partial charge < -0.3 is 14.7 Å². The molecule has 2 aromatic rings. The van der Waals surface area contributed by atoms with E-state index in [2.05, 4.69) is 20.3 Å². The third-order valence-corrected chi connectivity index (χ3v) is 3.22. The average Bonchev–Trinajstić information content (AvgIpc) is 3.01. The summed E-state index contributed by atoms with van der Waals surface area (Å²) in [6.45, 7) is 0.198. The third-order valence-electron chi connectivity index (χ3n) is 3.22. The number of aromatic nitrogens is 1. The summed E-state index contributed by atoms with van der Waals surface area (Å²) in [5.41, 5.74) is 0.827. The topological polar surface area (TPSA) is 87.5 Å². The normalized spacial score (nSPS) is 12.0. The summed E-state index contributed by atoms with van der Waals surface area (Å²) >= 11 is 0. The fourth-order valence-corrected chi connectivity index (χ4v) is 2.00. The van der Waals surface area contributed by atoms with Gasteiger partial charge in [-0.25, -0.2) is 4.39 Å². The molecular weight excluding hydrogens is 303 g/mol. The summed E-state index contributed by atoms with van der Waals surface area (Å²) in [7, 11) is 3.66. The molecule has 0 bridgehead atoms. The molecule has 1 heterocycles. The fraction of sp³-hybridized carbons (Fsp3) is 0.267. The van der Waals surface area contributed by atoms with Crippen molar-refractivity contribution in [2.24, 2.45) is 0 Å². The van der Waals surface area contributed by atoms with E-state index < -0.39 is 11.8 Å². The van der Waals surface area contributed by atoms with Crippen LogP contribution in [0.1, 0.15) is 11.6 Å². The molecule has 0 aliphatic rings. The van der Waals surface area contributed by atoms with Gasteiger partial charge in [0.2, 0.25) is 0 Å². The molecule has 1 unspecified atom stereocenters. The molecule has 2 amide bonds. The predicted molar refractivity (Wildman–Crippen MR) is 81.0 cm³/mol. The van der Waals surface area contributed by atoms with Gasteiger partial charge in [-0.2, -0.15) is 0 Å². The van der Waals surface area contributed by atoms with Crippen LogP contribution in [0.25, 0.3) is 0 Å². The average molecular weight is 320 g/mol. The number of likely N-dealkylation sites (N-methyl/N-ethyl adjacent to an activating group) is 1. The van der Waals surface area contributed by atoms with Crippen LogP contribution in [0.4, 0.5) is 10.2 Å². The largest absolute Gasteiger partial charge is 0.363 e. The van der Waals surface area contributed by atoms with E-state index in [9.17, 15) is 14.0 Å². The van der Waals surface area contributed by atoms with Crippen LogP contribution in [0.15, 0.2) is 41.1 Å². The van der Waals surface area contributed by atoms with Crippen LogP contribution in [0, 0.1) is 5.82 Å². The van der Waals surface area contributed by atoms with Crippen LogP contribution in [-0.2, 0) is 9.59 Å². The number of anilines is 1. The van der Waals surface area contributed by atoms with Crippen molar-refractivity contribution >= 4 is 17.6 Å². The van der Waals surface area contributed by atoms with E-state index in [0.29, 0.717) is 0 Å². The molecule has 0 radical (unpaired) electrons. The van der Waals surface area contributed by atoms with Crippen molar-refractivity contribution in [1.82, 2.24) is 15.4 Å². The molecule has 2 N–H and O–H groups in total. The Labute approximate surface area is 132 Å². The second-order valence-corrected chi connectivity index (χ2v) is 5.08. The quantitative estimate of drug-likeness (QED) is 0.808. The fourth-order valence-electron chi connectivity index (χ4n) is 2.00. The highest BCUT2D eigenvalue weighted by Crippen LogP contribution is 2.17. The van der Waals surface area contributed by atoms with Gasteiger partial charge in [-0.1, -0.05) is 17.3 Å². The lowest BCUT2D eigenvalue weighted by molar-refractivity contribution is -0.136. The van der Waals surface area contributed by atoms with Gasteiger partial charge in [-0.15, -0.1) is 0 Å². The van der Waals surface area contributed by atoms with Gasteiger partial charge in [0.05, 0.1) is 6.04 Å². The minimum Gasteiger partial charge on any atom is -0.363 e. The zero-order valence-corrected chi connectivity index (χ0v) is 12.7. The van der Waals surface area contributed by atoms with E-state index in [0.717, 1.165) is 5.56 Å². The molecule has 23 heavy (non-hydrogen) atoms. The van der Waals surface area contributed by atoms with E-state index in [1.807, 2.05) is 19.0 Å². The van der Waals surface area contributed by atoms with E-state index in [1.165, 1.54) is 24.5 Å². The minimum absolute atomic E-state index is 0.160. The van der Waals surface area contributed by atoms with E-state index in [-0.39, 0.29) is 24.2 Å². The third kappa shape index (κ3) is 4.62. The van der Waals surface area contributed by atoms with Gasteiger partial charge in [-0.3, -0.25) is 14.9 Å². The Morgan fingerprint density at radius 2 is 1.91 bits per heavy atom. The Kier molecular flexibility index (Phi) is 5.42. The van der Waals surface area contributed by atoms with Crippen molar-refractivity contribution < 1.29 is 18.5 Å². The lowest BCUT2D eigenvalue weighted by Gasteiger charge is -2.25. The first-order valence-electron chi connectivity index (χ1n) is 6.89. The molecule has 0 saturated heterocycles. The van der Waals surface area contributed by atoms with E-state index in [4.69, 9.17) is 0 Å². The van der Waals surface area contributed by atoms with Crippen LogP contribution < -0.4 is 10.6 Å². The highest BCUT2D eigenvalue weighted by atomic mass is 19.1. The van der Waals surface area contributed by atoms with Crippen LogP contribution in [0.3, 0.4) is 0 Å². The molecule has 0 spiro atoms. The highest BCUT2D eigenvalue weighted by Gasteiger charge is 2.19. The first-order valence-corrected chi connectivity index (χ1v) is 6.89.